The molecule has 0 amide bonds. The van der Waals surface area contributed by atoms with E-state index >= 15 is 0 Å². The molecule has 0 saturated heterocycles. The third kappa shape index (κ3) is 7.29. The number of hydrogen-bond acceptors (Lipinski definition) is 0. The summed E-state index contributed by atoms with van der Waals surface area (Å²) in [5.41, 5.74) is 4.94. The Morgan fingerprint density at radius 2 is 1.64 bits per heavy atom. The second kappa shape index (κ2) is 10.6. The average Bonchev–Trinajstić information content (AvgIpc) is 2.49. The standard InChI is InChI=1S/C17H26.C3H6.C2H6/c1-13-7-9-17(4,10-8-13)12-16-6-5-14(2)15(3)11-16;1-3-2;1-2/h5-6,11,13H,7-10,12H2,1-4H3;3H,1H2,2H3;1-2H3. The van der Waals surface area contributed by atoms with Crippen LogP contribution in [0, 0.1) is 25.2 Å². The highest BCUT2D eigenvalue weighted by molar-refractivity contribution is 5.30. The molecule has 22 heavy (non-hydrogen) atoms. The van der Waals surface area contributed by atoms with E-state index in [0.717, 1.165) is 5.92 Å². The third-order valence-corrected chi connectivity index (χ3v) is 4.68. The maximum absolute atomic E-state index is 3.36. The van der Waals surface area contributed by atoms with Gasteiger partial charge in [-0.05, 0) is 68.1 Å². The van der Waals surface area contributed by atoms with E-state index in [4.69, 9.17) is 0 Å². The molecule has 1 aliphatic carbocycles. The van der Waals surface area contributed by atoms with Gasteiger partial charge < -0.3 is 0 Å². The molecular weight excluding hydrogens is 264 g/mol. The Balaban J connectivity index is 0.000000789. The molecule has 1 aromatic rings. The first kappa shape index (κ1) is 21.0. The van der Waals surface area contributed by atoms with E-state index in [-0.39, 0.29) is 0 Å². The van der Waals surface area contributed by atoms with Gasteiger partial charge in [0, 0.05) is 0 Å². The van der Waals surface area contributed by atoms with Gasteiger partial charge in [0.05, 0.1) is 0 Å². The van der Waals surface area contributed by atoms with Crippen molar-refractivity contribution in [1.82, 2.24) is 0 Å². The summed E-state index contributed by atoms with van der Waals surface area (Å²) in [6.45, 7) is 18.6. The number of allylic oxidation sites excluding steroid dienone is 1. The summed E-state index contributed by atoms with van der Waals surface area (Å²) in [6, 6.07) is 6.99. The van der Waals surface area contributed by atoms with E-state index in [9.17, 15) is 0 Å². The van der Waals surface area contributed by atoms with Crippen LogP contribution in [-0.2, 0) is 6.42 Å². The Hall–Kier alpha value is -1.04. The summed E-state index contributed by atoms with van der Waals surface area (Å²) in [5, 5.41) is 0. The van der Waals surface area contributed by atoms with Crippen LogP contribution in [0.2, 0.25) is 0 Å². The SMILES string of the molecule is C=CC.CC.Cc1ccc(CC2(C)CCC(C)CC2)cc1C. The second-order valence-corrected chi connectivity index (χ2v) is 7.00. The number of hydrogen-bond donors (Lipinski definition) is 0. The van der Waals surface area contributed by atoms with Crippen LogP contribution >= 0.6 is 0 Å². The Morgan fingerprint density at radius 3 is 2.09 bits per heavy atom. The summed E-state index contributed by atoms with van der Waals surface area (Å²) in [5.74, 6) is 0.947. The van der Waals surface area contributed by atoms with Crippen molar-refractivity contribution in [3.63, 3.8) is 0 Å². The maximum atomic E-state index is 3.36. The zero-order valence-corrected chi connectivity index (χ0v) is 16.1. The van der Waals surface area contributed by atoms with E-state index in [1.165, 1.54) is 48.8 Å². The van der Waals surface area contributed by atoms with Gasteiger partial charge in [-0.1, -0.05) is 64.8 Å². The van der Waals surface area contributed by atoms with Crippen LogP contribution in [0.5, 0.6) is 0 Å². The molecular formula is C22H38. The van der Waals surface area contributed by atoms with E-state index in [2.05, 4.69) is 52.5 Å². The van der Waals surface area contributed by atoms with Crippen LogP contribution in [0.4, 0.5) is 0 Å². The molecule has 0 aliphatic heterocycles. The lowest BCUT2D eigenvalue weighted by molar-refractivity contribution is 0.177. The first-order valence-corrected chi connectivity index (χ1v) is 9.03. The molecule has 1 fully saturated rings. The molecule has 0 radical (unpaired) electrons. The predicted octanol–water partition coefficient (Wildman–Crippen LogP) is 7.28. The minimum Gasteiger partial charge on any atom is -0.103 e. The molecule has 0 nitrogen and oxygen atoms in total. The van der Waals surface area contributed by atoms with E-state index in [1.807, 2.05) is 20.8 Å². The highest BCUT2D eigenvalue weighted by Crippen LogP contribution is 2.41. The molecule has 126 valence electrons. The average molecular weight is 303 g/mol. The normalized spacial score (nSPS) is 23.5. The van der Waals surface area contributed by atoms with Crippen LogP contribution in [0.25, 0.3) is 0 Å². The molecule has 1 aliphatic rings. The largest absolute Gasteiger partial charge is 0.103 e. The van der Waals surface area contributed by atoms with E-state index < -0.39 is 0 Å². The first-order valence-electron chi connectivity index (χ1n) is 9.03. The van der Waals surface area contributed by atoms with Crippen LogP contribution in [0.3, 0.4) is 0 Å². The quantitative estimate of drug-likeness (QED) is 0.503. The van der Waals surface area contributed by atoms with Gasteiger partial charge >= 0.3 is 0 Å². The lowest BCUT2D eigenvalue weighted by Gasteiger charge is -2.36. The summed E-state index contributed by atoms with van der Waals surface area (Å²) in [4.78, 5) is 0. The second-order valence-electron chi connectivity index (χ2n) is 7.00. The van der Waals surface area contributed by atoms with E-state index in [1.54, 1.807) is 6.08 Å². The molecule has 0 heterocycles. The van der Waals surface area contributed by atoms with Crippen molar-refractivity contribution in [2.75, 3.05) is 0 Å². The summed E-state index contributed by atoms with van der Waals surface area (Å²) < 4.78 is 0. The molecule has 0 unspecified atom stereocenters. The topological polar surface area (TPSA) is 0 Å². The first-order chi connectivity index (χ1) is 10.4. The van der Waals surface area contributed by atoms with Crippen molar-refractivity contribution >= 4 is 0 Å². The number of rotatable bonds is 2. The fourth-order valence-corrected chi connectivity index (χ4v) is 3.04. The zero-order chi connectivity index (χ0) is 17.2. The van der Waals surface area contributed by atoms with E-state index in [0.29, 0.717) is 5.41 Å². The third-order valence-electron chi connectivity index (χ3n) is 4.68. The van der Waals surface area contributed by atoms with Gasteiger partial charge in [-0.25, -0.2) is 0 Å². The molecule has 0 bridgehead atoms. The van der Waals surface area contributed by atoms with Crippen molar-refractivity contribution in [3.8, 4) is 0 Å². The van der Waals surface area contributed by atoms with Crippen molar-refractivity contribution in [3.05, 3.63) is 47.5 Å². The van der Waals surface area contributed by atoms with Gasteiger partial charge in [0.1, 0.15) is 0 Å². The highest BCUT2D eigenvalue weighted by Gasteiger charge is 2.29. The molecule has 0 heteroatoms. The van der Waals surface area contributed by atoms with Crippen molar-refractivity contribution in [2.24, 2.45) is 11.3 Å². The molecule has 0 atom stereocenters. The number of benzene rings is 1. The minimum atomic E-state index is 0.550. The Kier molecular flexibility index (Phi) is 10.1. The predicted molar refractivity (Wildman–Crippen MR) is 103 cm³/mol. The minimum absolute atomic E-state index is 0.550. The molecule has 1 aromatic carbocycles. The smallest absolute Gasteiger partial charge is 0.0224 e. The molecule has 0 aromatic heterocycles. The van der Waals surface area contributed by atoms with Crippen molar-refractivity contribution < 1.29 is 0 Å². The van der Waals surface area contributed by atoms with Gasteiger partial charge in [-0.3, -0.25) is 0 Å². The van der Waals surface area contributed by atoms with Crippen LogP contribution in [-0.4, -0.2) is 0 Å². The Labute approximate surface area is 140 Å². The Morgan fingerprint density at radius 1 is 1.14 bits per heavy atom. The highest BCUT2D eigenvalue weighted by atomic mass is 14.3. The van der Waals surface area contributed by atoms with Gasteiger partial charge in [-0.15, -0.1) is 6.58 Å². The molecule has 0 spiro atoms. The maximum Gasteiger partial charge on any atom is -0.0224 e. The summed E-state index contributed by atoms with van der Waals surface area (Å²) >= 11 is 0. The monoisotopic (exact) mass is 302 g/mol. The van der Waals surface area contributed by atoms with Gasteiger partial charge in [0.25, 0.3) is 0 Å². The molecule has 0 N–H and O–H groups in total. The Bertz CT molecular complexity index is 420. The van der Waals surface area contributed by atoms with Crippen LogP contribution < -0.4 is 0 Å². The summed E-state index contributed by atoms with van der Waals surface area (Å²) in [7, 11) is 0. The van der Waals surface area contributed by atoms with Gasteiger partial charge in [0.15, 0.2) is 0 Å². The summed E-state index contributed by atoms with van der Waals surface area (Å²) in [6.07, 6.45) is 8.66. The van der Waals surface area contributed by atoms with Crippen LogP contribution in [0.15, 0.2) is 30.9 Å². The fourth-order valence-electron chi connectivity index (χ4n) is 3.04. The lowest BCUT2D eigenvalue weighted by atomic mass is 9.69. The van der Waals surface area contributed by atoms with Gasteiger partial charge in [-0.2, -0.15) is 0 Å². The van der Waals surface area contributed by atoms with Crippen molar-refractivity contribution in [2.45, 2.75) is 80.6 Å². The van der Waals surface area contributed by atoms with Gasteiger partial charge in [0.2, 0.25) is 0 Å². The fraction of sp³-hybridized carbons (Fsp3) is 0.636. The van der Waals surface area contributed by atoms with Crippen molar-refractivity contribution in [1.29, 1.82) is 0 Å². The lowest BCUT2D eigenvalue weighted by Crippen LogP contribution is -2.25. The molecule has 2 rings (SSSR count). The molecule has 1 saturated carbocycles. The van der Waals surface area contributed by atoms with Crippen LogP contribution in [0.1, 0.15) is 77.0 Å². The number of aryl methyl sites for hydroxylation is 2. The zero-order valence-electron chi connectivity index (χ0n) is 16.1.